The van der Waals surface area contributed by atoms with E-state index in [1.807, 2.05) is 68.4 Å². The van der Waals surface area contributed by atoms with Crippen LogP contribution < -0.4 is 10.2 Å². The summed E-state index contributed by atoms with van der Waals surface area (Å²) in [6.45, 7) is 4.50. The number of aromatic nitrogens is 2. The average molecular weight is 376 g/mol. The molecule has 1 aliphatic rings. The van der Waals surface area contributed by atoms with Crippen molar-refractivity contribution in [3.8, 4) is 0 Å². The first-order chi connectivity index (χ1) is 13.5. The van der Waals surface area contributed by atoms with Crippen LogP contribution in [-0.4, -0.2) is 28.3 Å². The highest BCUT2D eigenvalue weighted by molar-refractivity contribution is 6.00. The molecule has 0 aliphatic carbocycles. The average Bonchev–Trinajstić information content (AvgIpc) is 3.29. The Hall–Kier alpha value is -3.15. The van der Waals surface area contributed by atoms with Crippen molar-refractivity contribution in [1.29, 1.82) is 0 Å². The number of hydrogen-bond donors (Lipinski definition) is 2. The second kappa shape index (κ2) is 7.46. The molecule has 0 radical (unpaired) electrons. The second-order valence-electron chi connectivity index (χ2n) is 7.61. The molecule has 1 aliphatic heterocycles. The SMILES string of the molecule is CC(C)C(NC(=O)C1CC(=O)N(c2ccccc2)C1)c1nc2ccccc2[nH]1. The van der Waals surface area contributed by atoms with Gasteiger partial charge in [-0.1, -0.05) is 44.2 Å². The number of aromatic amines is 1. The summed E-state index contributed by atoms with van der Waals surface area (Å²) in [4.78, 5) is 35.0. The van der Waals surface area contributed by atoms with Crippen LogP contribution in [0.25, 0.3) is 11.0 Å². The molecule has 28 heavy (non-hydrogen) atoms. The van der Waals surface area contributed by atoms with Crippen molar-refractivity contribution in [1.82, 2.24) is 15.3 Å². The maximum Gasteiger partial charge on any atom is 0.227 e. The molecule has 4 rings (SSSR count). The first-order valence-electron chi connectivity index (χ1n) is 9.63. The molecule has 2 atom stereocenters. The third kappa shape index (κ3) is 3.50. The molecule has 2 aromatic carbocycles. The van der Waals surface area contributed by atoms with E-state index < -0.39 is 0 Å². The summed E-state index contributed by atoms with van der Waals surface area (Å²) in [5.41, 5.74) is 2.66. The maximum absolute atomic E-state index is 12.9. The lowest BCUT2D eigenvalue weighted by molar-refractivity contribution is -0.127. The fraction of sp³-hybridized carbons (Fsp3) is 0.318. The number of nitrogens with one attached hydrogen (secondary N) is 2. The van der Waals surface area contributed by atoms with Crippen molar-refractivity contribution in [2.75, 3.05) is 11.4 Å². The number of para-hydroxylation sites is 3. The Morgan fingerprint density at radius 3 is 2.57 bits per heavy atom. The van der Waals surface area contributed by atoms with Crippen molar-refractivity contribution in [3.05, 3.63) is 60.4 Å². The number of benzene rings is 2. The van der Waals surface area contributed by atoms with Crippen LogP contribution in [0.2, 0.25) is 0 Å². The number of nitrogens with zero attached hydrogens (tertiary/aromatic N) is 2. The first kappa shape index (κ1) is 18.2. The summed E-state index contributed by atoms with van der Waals surface area (Å²) < 4.78 is 0. The zero-order valence-electron chi connectivity index (χ0n) is 16.1. The van der Waals surface area contributed by atoms with Crippen LogP contribution in [0.1, 0.15) is 32.1 Å². The minimum absolute atomic E-state index is 0.0174. The molecular weight excluding hydrogens is 352 g/mol. The summed E-state index contributed by atoms with van der Waals surface area (Å²) in [6, 6.07) is 17.1. The first-order valence-corrected chi connectivity index (χ1v) is 9.63. The molecule has 1 fully saturated rings. The standard InChI is InChI=1S/C22H24N4O2/c1-14(2)20(21-23-17-10-6-7-11-18(17)24-21)25-22(28)15-12-19(27)26(13-15)16-8-4-3-5-9-16/h3-11,14-15,20H,12-13H2,1-2H3,(H,23,24)(H,25,28). The monoisotopic (exact) mass is 376 g/mol. The number of amides is 2. The van der Waals surface area contributed by atoms with E-state index in [0.717, 1.165) is 22.5 Å². The number of H-pyrrole nitrogens is 1. The molecule has 3 aromatic rings. The number of imidazole rings is 1. The number of carbonyl (C=O) groups is 2. The number of fused-ring (bicyclic) bond motifs is 1. The zero-order chi connectivity index (χ0) is 19.7. The largest absolute Gasteiger partial charge is 0.346 e. The molecule has 6 heteroatoms. The minimum Gasteiger partial charge on any atom is -0.346 e. The zero-order valence-corrected chi connectivity index (χ0v) is 16.1. The predicted molar refractivity (Wildman–Crippen MR) is 109 cm³/mol. The Balaban J connectivity index is 1.50. The normalized spacial score (nSPS) is 18.0. The highest BCUT2D eigenvalue weighted by Crippen LogP contribution is 2.27. The second-order valence-corrected chi connectivity index (χ2v) is 7.61. The molecule has 144 valence electrons. The Kier molecular flexibility index (Phi) is 4.86. The van der Waals surface area contributed by atoms with Gasteiger partial charge in [-0.3, -0.25) is 9.59 Å². The number of rotatable bonds is 5. The molecule has 2 unspecified atom stereocenters. The highest BCUT2D eigenvalue weighted by Gasteiger charge is 2.36. The van der Waals surface area contributed by atoms with Crippen LogP contribution in [0, 0.1) is 11.8 Å². The molecule has 2 heterocycles. The van der Waals surface area contributed by atoms with Crippen molar-refractivity contribution in [2.24, 2.45) is 11.8 Å². The van der Waals surface area contributed by atoms with Gasteiger partial charge < -0.3 is 15.2 Å². The smallest absolute Gasteiger partial charge is 0.227 e. The summed E-state index contributed by atoms with van der Waals surface area (Å²) in [5, 5.41) is 3.12. The van der Waals surface area contributed by atoms with Crippen LogP contribution >= 0.6 is 0 Å². The highest BCUT2D eigenvalue weighted by atomic mass is 16.2. The summed E-state index contributed by atoms with van der Waals surface area (Å²) in [7, 11) is 0. The quantitative estimate of drug-likeness (QED) is 0.716. The van der Waals surface area contributed by atoms with Crippen molar-refractivity contribution < 1.29 is 9.59 Å². The van der Waals surface area contributed by atoms with Crippen LogP contribution in [0.4, 0.5) is 5.69 Å². The van der Waals surface area contributed by atoms with Gasteiger partial charge in [-0.15, -0.1) is 0 Å². The molecule has 0 saturated carbocycles. The van der Waals surface area contributed by atoms with Gasteiger partial charge in [0.05, 0.1) is 23.0 Å². The van der Waals surface area contributed by atoms with Crippen LogP contribution in [0.15, 0.2) is 54.6 Å². The fourth-order valence-corrected chi connectivity index (χ4v) is 3.68. The van der Waals surface area contributed by atoms with Crippen molar-refractivity contribution >= 4 is 28.5 Å². The van der Waals surface area contributed by atoms with Crippen LogP contribution in [0.3, 0.4) is 0 Å². The van der Waals surface area contributed by atoms with Gasteiger partial charge >= 0.3 is 0 Å². The molecule has 2 amide bonds. The molecule has 0 bridgehead atoms. The van der Waals surface area contributed by atoms with Gasteiger partial charge in [-0.2, -0.15) is 0 Å². The van der Waals surface area contributed by atoms with Gasteiger partial charge in [0.1, 0.15) is 5.82 Å². The van der Waals surface area contributed by atoms with E-state index in [2.05, 4.69) is 15.3 Å². The maximum atomic E-state index is 12.9. The number of carbonyl (C=O) groups excluding carboxylic acids is 2. The molecule has 6 nitrogen and oxygen atoms in total. The third-order valence-corrected chi connectivity index (χ3v) is 5.23. The van der Waals surface area contributed by atoms with E-state index in [1.165, 1.54) is 0 Å². The van der Waals surface area contributed by atoms with Gasteiger partial charge in [-0.25, -0.2) is 4.98 Å². The van der Waals surface area contributed by atoms with Crippen LogP contribution in [0.5, 0.6) is 0 Å². The van der Waals surface area contributed by atoms with E-state index in [-0.39, 0.29) is 36.1 Å². The summed E-state index contributed by atoms with van der Waals surface area (Å²) in [6.07, 6.45) is 0.228. The van der Waals surface area contributed by atoms with E-state index in [4.69, 9.17) is 0 Å². The topological polar surface area (TPSA) is 78.1 Å². The van der Waals surface area contributed by atoms with Gasteiger partial charge in [-0.05, 0) is 30.2 Å². The Labute approximate surface area is 164 Å². The van der Waals surface area contributed by atoms with E-state index in [1.54, 1.807) is 4.90 Å². The van der Waals surface area contributed by atoms with Crippen molar-refractivity contribution in [2.45, 2.75) is 26.3 Å². The Morgan fingerprint density at radius 2 is 1.86 bits per heavy atom. The Bertz CT molecular complexity index is 963. The Morgan fingerprint density at radius 1 is 1.14 bits per heavy atom. The summed E-state index contributed by atoms with van der Waals surface area (Å²) >= 11 is 0. The summed E-state index contributed by atoms with van der Waals surface area (Å²) in [5.74, 6) is 0.418. The molecule has 0 spiro atoms. The molecular formula is C22H24N4O2. The third-order valence-electron chi connectivity index (χ3n) is 5.23. The molecule has 1 saturated heterocycles. The van der Waals surface area contributed by atoms with Gasteiger partial charge in [0, 0.05) is 18.7 Å². The fourth-order valence-electron chi connectivity index (χ4n) is 3.68. The predicted octanol–water partition coefficient (Wildman–Crippen LogP) is 3.43. The van der Waals surface area contributed by atoms with E-state index in [0.29, 0.717) is 6.54 Å². The van der Waals surface area contributed by atoms with Crippen molar-refractivity contribution in [3.63, 3.8) is 0 Å². The van der Waals surface area contributed by atoms with Crippen LogP contribution in [-0.2, 0) is 9.59 Å². The molecule has 2 N–H and O–H groups in total. The molecule has 1 aromatic heterocycles. The lowest BCUT2D eigenvalue weighted by Crippen LogP contribution is -2.38. The van der Waals surface area contributed by atoms with Gasteiger partial charge in [0.15, 0.2) is 0 Å². The number of hydrogen-bond acceptors (Lipinski definition) is 3. The minimum atomic E-state index is -0.363. The lowest BCUT2D eigenvalue weighted by atomic mass is 10.0. The number of anilines is 1. The van der Waals surface area contributed by atoms with E-state index in [9.17, 15) is 9.59 Å². The van der Waals surface area contributed by atoms with Gasteiger partial charge in [0.25, 0.3) is 0 Å². The van der Waals surface area contributed by atoms with E-state index >= 15 is 0 Å². The lowest BCUT2D eigenvalue weighted by Gasteiger charge is -2.22. The van der Waals surface area contributed by atoms with Gasteiger partial charge in [0.2, 0.25) is 11.8 Å².